The van der Waals surface area contributed by atoms with Gasteiger partial charge in [0.05, 0.1) is 13.2 Å². The summed E-state index contributed by atoms with van der Waals surface area (Å²) in [5, 5.41) is 3.42. The summed E-state index contributed by atoms with van der Waals surface area (Å²) in [6.07, 6.45) is 3.99. The first-order chi connectivity index (χ1) is 8.81. The highest BCUT2D eigenvalue weighted by Gasteiger charge is 2.39. The largest absolute Gasteiger partial charge is 0.385 e. The second-order valence-corrected chi connectivity index (χ2v) is 5.56. The smallest absolute Gasteiger partial charge is 0.172 e. The SMILES string of the molecule is PCCNc1ccc2c(c1)CCC1(C2)OCCO1. The Hall–Kier alpha value is -0.630. The summed E-state index contributed by atoms with van der Waals surface area (Å²) in [6, 6.07) is 6.65. The van der Waals surface area contributed by atoms with Crippen molar-refractivity contribution >= 4 is 14.9 Å². The number of ether oxygens (including phenoxy) is 2. The molecule has 1 spiro atoms. The summed E-state index contributed by atoms with van der Waals surface area (Å²) in [4.78, 5) is 0. The molecule has 1 heterocycles. The van der Waals surface area contributed by atoms with Crippen LogP contribution in [0.25, 0.3) is 0 Å². The third kappa shape index (κ3) is 2.40. The van der Waals surface area contributed by atoms with E-state index in [1.54, 1.807) is 0 Å². The van der Waals surface area contributed by atoms with E-state index in [4.69, 9.17) is 9.47 Å². The minimum atomic E-state index is -0.317. The minimum Gasteiger partial charge on any atom is -0.385 e. The number of fused-ring (bicyclic) bond motifs is 1. The normalized spacial score (nSPS) is 20.9. The van der Waals surface area contributed by atoms with E-state index in [9.17, 15) is 0 Å². The fourth-order valence-corrected chi connectivity index (χ4v) is 2.95. The highest BCUT2D eigenvalue weighted by Crippen LogP contribution is 2.36. The maximum atomic E-state index is 5.79. The molecule has 98 valence electrons. The van der Waals surface area contributed by atoms with Gasteiger partial charge in [-0.1, -0.05) is 6.07 Å². The molecule has 1 unspecified atom stereocenters. The standard InChI is InChI=1S/C14H20NO2P/c18-8-5-15-13-2-1-12-10-14(16-6-7-17-14)4-3-11(12)9-13/h1-2,9,15H,3-8,10,18H2. The Morgan fingerprint density at radius 3 is 2.83 bits per heavy atom. The van der Waals surface area contributed by atoms with Crippen molar-refractivity contribution in [2.45, 2.75) is 25.0 Å². The van der Waals surface area contributed by atoms with E-state index in [0.29, 0.717) is 0 Å². The van der Waals surface area contributed by atoms with E-state index >= 15 is 0 Å². The van der Waals surface area contributed by atoms with Gasteiger partial charge in [0, 0.05) is 25.1 Å². The summed E-state index contributed by atoms with van der Waals surface area (Å²) < 4.78 is 11.6. The Morgan fingerprint density at radius 2 is 2.06 bits per heavy atom. The summed E-state index contributed by atoms with van der Waals surface area (Å²) in [7, 11) is 2.74. The van der Waals surface area contributed by atoms with Crippen LogP contribution >= 0.6 is 9.24 Å². The molecule has 3 nitrogen and oxygen atoms in total. The molecule has 1 atom stereocenters. The molecule has 1 aromatic rings. The lowest BCUT2D eigenvalue weighted by Crippen LogP contribution is -2.36. The van der Waals surface area contributed by atoms with Crippen molar-refractivity contribution < 1.29 is 9.47 Å². The number of aryl methyl sites for hydroxylation is 1. The monoisotopic (exact) mass is 265 g/mol. The molecule has 2 aliphatic rings. The summed E-state index contributed by atoms with van der Waals surface area (Å²) >= 11 is 0. The number of hydrogen-bond acceptors (Lipinski definition) is 3. The average Bonchev–Trinajstić information content (AvgIpc) is 2.84. The molecule has 0 amide bonds. The minimum absolute atomic E-state index is 0.317. The van der Waals surface area contributed by atoms with Gasteiger partial charge in [-0.05, 0) is 35.8 Å². The number of benzene rings is 1. The fraction of sp³-hybridized carbons (Fsp3) is 0.571. The predicted molar refractivity (Wildman–Crippen MR) is 76.2 cm³/mol. The van der Waals surface area contributed by atoms with Crippen molar-refractivity contribution in [3.05, 3.63) is 29.3 Å². The van der Waals surface area contributed by atoms with Gasteiger partial charge in [0.15, 0.2) is 5.79 Å². The first-order valence-corrected chi connectivity index (χ1v) is 7.47. The number of rotatable bonds is 3. The van der Waals surface area contributed by atoms with Crippen molar-refractivity contribution in [3.8, 4) is 0 Å². The number of hydrogen-bond donors (Lipinski definition) is 1. The van der Waals surface area contributed by atoms with E-state index < -0.39 is 0 Å². The molecule has 1 aromatic carbocycles. The van der Waals surface area contributed by atoms with Crippen molar-refractivity contribution in [2.24, 2.45) is 0 Å². The summed E-state index contributed by atoms with van der Waals surface area (Å²) in [5.41, 5.74) is 4.04. The van der Waals surface area contributed by atoms with Crippen LogP contribution in [0.15, 0.2) is 18.2 Å². The second-order valence-electron chi connectivity index (χ2n) is 4.98. The van der Waals surface area contributed by atoms with Crippen molar-refractivity contribution in [1.82, 2.24) is 0 Å². The van der Waals surface area contributed by atoms with E-state index in [2.05, 4.69) is 32.8 Å². The fourth-order valence-electron chi connectivity index (χ4n) is 2.80. The molecule has 1 aliphatic heterocycles. The first-order valence-electron chi connectivity index (χ1n) is 6.65. The summed E-state index contributed by atoms with van der Waals surface area (Å²) in [6.45, 7) is 2.48. The Bertz CT molecular complexity index is 430. The number of anilines is 1. The lowest BCUT2D eigenvalue weighted by molar-refractivity contribution is -0.163. The molecule has 1 aliphatic carbocycles. The molecule has 1 N–H and O–H groups in total. The van der Waals surface area contributed by atoms with Gasteiger partial charge in [-0.25, -0.2) is 0 Å². The topological polar surface area (TPSA) is 30.5 Å². The second kappa shape index (κ2) is 5.16. The third-order valence-corrected chi connectivity index (χ3v) is 4.02. The van der Waals surface area contributed by atoms with Crippen molar-refractivity contribution in [3.63, 3.8) is 0 Å². The number of nitrogens with one attached hydrogen (secondary N) is 1. The van der Waals surface area contributed by atoms with Crippen LogP contribution in [-0.2, 0) is 22.3 Å². The summed E-state index contributed by atoms with van der Waals surface area (Å²) in [5.74, 6) is -0.317. The molecule has 0 saturated carbocycles. The third-order valence-electron chi connectivity index (χ3n) is 3.73. The quantitative estimate of drug-likeness (QED) is 0.850. The molecule has 4 heteroatoms. The van der Waals surface area contributed by atoms with Crippen LogP contribution in [-0.4, -0.2) is 31.7 Å². The van der Waals surface area contributed by atoms with Gasteiger partial charge >= 0.3 is 0 Å². The molecular weight excluding hydrogens is 245 g/mol. The first kappa shape index (κ1) is 12.4. The lowest BCUT2D eigenvalue weighted by Gasteiger charge is -2.33. The van der Waals surface area contributed by atoms with Crippen LogP contribution in [0.4, 0.5) is 5.69 Å². The zero-order valence-corrected chi connectivity index (χ0v) is 11.7. The van der Waals surface area contributed by atoms with E-state index in [1.807, 2.05) is 0 Å². The highest BCUT2D eigenvalue weighted by molar-refractivity contribution is 7.16. The molecule has 3 rings (SSSR count). The van der Waals surface area contributed by atoms with E-state index in [-0.39, 0.29) is 5.79 Å². The molecular formula is C14H20NO2P. The van der Waals surface area contributed by atoms with Gasteiger partial charge < -0.3 is 14.8 Å². The zero-order valence-electron chi connectivity index (χ0n) is 10.6. The molecule has 18 heavy (non-hydrogen) atoms. The molecule has 1 saturated heterocycles. The van der Waals surface area contributed by atoms with Gasteiger partial charge in [0.1, 0.15) is 0 Å². The van der Waals surface area contributed by atoms with Crippen LogP contribution in [0, 0.1) is 0 Å². The van der Waals surface area contributed by atoms with E-state index in [0.717, 1.165) is 45.2 Å². The van der Waals surface area contributed by atoms with Crippen molar-refractivity contribution in [2.75, 3.05) is 31.2 Å². The molecule has 0 radical (unpaired) electrons. The van der Waals surface area contributed by atoms with Crippen LogP contribution in [0.2, 0.25) is 0 Å². The van der Waals surface area contributed by atoms with Crippen LogP contribution < -0.4 is 5.32 Å². The molecule has 0 aromatic heterocycles. The highest BCUT2D eigenvalue weighted by atomic mass is 31.0. The average molecular weight is 265 g/mol. The maximum Gasteiger partial charge on any atom is 0.172 e. The van der Waals surface area contributed by atoms with Gasteiger partial charge in [0.25, 0.3) is 0 Å². The molecule has 1 fully saturated rings. The Labute approximate surface area is 110 Å². The van der Waals surface area contributed by atoms with Crippen LogP contribution in [0.3, 0.4) is 0 Å². The lowest BCUT2D eigenvalue weighted by atomic mass is 9.87. The zero-order chi connectivity index (χ0) is 12.4. The van der Waals surface area contributed by atoms with Gasteiger partial charge in [0.2, 0.25) is 0 Å². The van der Waals surface area contributed by atoms with Gasteiger partial charge in [-0.2, -0.15) is 0 Å². The van der Waals surface area contributed by atoms with Gasteiger partial charge in [-0.15, -0.1) is 9.24 Å². The van der Waals surface area contributed by atoms with Gasteiger partial charge in [-0.3, -0.25) is 0 Å². The van der Waals surface area contributed by atoms with Crippen LogP contribution in [0.5, 0.6) is 0 Å². The Morgan fingerprint density at radius 1 is 1.22 bits per heavy atom. The predicted octanol–water partition coefficient (Wildman–Crippen LogP) is 2.21. The van der Waals surface area contributed by atoms with Crippen molar-refractivity contribution in [1.29, 1.82) is 0 Å². The van der Waals surface area contributed by atoms with E-state index in [1.165, 1.54) is 16.8 Å². The van der Waals surface area contributed by atoms with Crippen LogP contribution in [0.1, 0.15) is 17.5 Å². The Kier molecular flexibility index (Phi) is 3.56. The Balaban J connectivity index is 1.76. The molecule has 0 bridgehead atoms. The maximum absolute atomic E-state index is 5.79.